The Morgan fingerprint density at radius 1 is 1.11 bits per heavy atom. The van der Waals surface area contributed by atoms with E-state index in [9.17, 15) is 8.42 Å². The third kappa shape index (κ3) is 4.71. The Kier molecular flexibility index (Phi) is 6.30. The second-order valence-corrected chi connectivity index (χ2v) is 10.8. The largest absolute Gasteiger partial charge is 0.304 e. The molecule has 0 aromatic heterocycles. The SMILES string of the molecule is CN1CCN(C[C@H]2CN3CC[C@H]2C[C@@H]3CNS(=O)(=O)c2ccc(Cl)cc2)CC1. The second-order valence-electron chi connectivity index (χ2n) is 8.60. The van der Waals surface area contributed by atoms with Gasteiger partial charge >= 0.3 is 0 Å². The van der Waals surface area contributed by atoms with Crippen LogP contribution in [0.3, 0.4) is 0 Å². The fourth-order valence-corrected chi connectivity index (χ4v) is 6.13. The first-order valence-electron chi connectivity index (χ1n) is 10.3. The summed E-state index contributed by atoms with van der Waals surface area (Å²) in [6.07, 6.45) is 2.35. The van der Waals surface area contributed by atoms with Crippen LogP contribution in [-0.4, -0.2) is 88.6 Å². The van der Waals surface area contributed by atoms with Gasteiger partial charge in [0.05, 0.1) is 4.90 Å². The van der Waals surface area contributed by atoms with Crippen LogP contribution in [0.4, 0.5) is 0 Å². The molecule has 0 saturated carbocycles. The van der Waals surface area contributed by atoms with Crippen LogP contribution in [-0.2, 0) is 10.0 Å². The van der Waals surface area contributed by atoms with Crippen molar-refractivity contribution in [2.75, 3.05) is 59.4 Å². The summed E-state index contributed by atoms with van der Waals surface area (Å²) in [5.74, 6) is 1.44. The first-order chi connectivity index (χ1) is 13.4. The maximum Gasteiger partial charge on any atom is 0.240 e. The molecule has 1 N–H and O–H groups in total. The Bertz CT molecular complexity index is 765. The summed E-state index contributed by atoms with van der Waals surface area (Å²) in [6.45, 7) is 8.54. The molecule has 4 saturated heterocycles. The molecule has 1 aromatic rings. The number of piperidine rings is 3. The second kappa shape index (κ2) is 8.58. The standard InChI is InChI=1S/C20H31ClN4O2S/c1-23-8-10-24(11-9-23)14-17-15-25-7-6-16(17)12-19(25)13-22-28(26,27)20-4-2-18(21)3-5-20/h2-5,16-17,19,22H,6-15H2,1H3/t16-,17-,19+/m0/s1. The van der Waals surface area contributed by atoms with Gasteiger partial charge in [-0.3, -0.25) is 4.90 Å². The minimum Gasteiger partial charge on any atom is -0.304 e. The molecule has 8 heteroatoms. The number of halogens is 1. The van der Waals surface area contributed by atoms with E-state index in [2.05, 4.69) is 26.5 Å². The molecule has 4 atom stereocenters. The molecule has 4 heterocycles. The Morgan fingerprint density at radius 3 is 2.46 bits per heavy atom. The smallest absolute Gasteiger partial charge is 0.240 e. The van der Waals surface area contributed by atoms with Crippen molar-refractivity contribution < 1.29 is 8.42 Å². The summed E-state index contributed by atoms with van der Waals surface area (Å²) in [5.41, 5.74) is 0. The van der Waals surface area contributed by atoms with Crippen molar-refractivity contribution in [2.45, 2.75) is 23.8 Å². The number of nitrogens with zero attached hydrogens (tertiary/aromatic N) is 3. The number of benzene rings is 1. The first-order valence-corrected chi connectivity index (χ1v) is 12.2. The lowest BCUT2D eigenvalue weighted by Gasteiger charge is -2.51. The lowest BCUT2D eigenvalue weighted by atomic mass is 9.75. The molecule has 156 valence electrons. The highest BCUT2D eigenvalue weighted by Crippen LogP contribution is 2.36. The Hall–Kier alpha value is -0.700. The number of fused-ring (bicyclic) bond motifs is 3. The van der Waals surface area contributed by atoms with Gasteiger partial charge in [-0.1, -0.05) is 11.6 Å². The molecular weight excluding hydrogens is 396 g/mol. The Morgan fingerprint density at radius 2 is 1.82 bits per heavy atom. The average Bonchev–Trinajstić information content (AvgIpc) is 2.69. The van der Waals surface area contributed by atoms with Crippen LogP contribution >= 0.6 is 11.6 Å². The summed E-state index contributed by atoms with van der Waals surface area (Å²) < 4.78 is 27.9. The summed E-state index contributed by atoms with van der Waals surface area (Å²) in [4.78, 5) is 7.80. The van der Waals surface area contributed by atoms with Crippen LogP contribution in [0.5, 0.6) is 0 Å². The van der Waals surface area contributed by atoms with Crippen molar-refractivity contribution in [3.8, 4) is 0 Å². The van der Waals surface area contributed by atoms with Crippen LogP contribution in [0.1, 0.15) is 12.8 Å². The van der Waals surface area contributed by atoms with Gasteiger partial charge in [-0.05, 0) is 62.5 Å². The van der Waals surface area contributed by atoms with E-state index < -0.39 is 10.0 Å². The highest BCUT2D eigenvalue weighted by Gasteiger charge is 2.40. The molecule has 2 bridgehead atoms. The molecule has 6 nitrogen and oxygen atoms in total. The van der Waals surface area contributed by atoms with Gasteiger partial charge in [-0.25, -0.2) is 13.1 Å². The molecule has 4 aliphatic heterocycles. The zero-order chi connectivity index (χ0) is 19.7. The Labute approximate surface area is 173 Å². The summed E-state index contributed by atoms with van der Waals surface area (Å²) in [5, 5.41) is 0.543. The molecule has 0 radical (unpaired) electrons. The molecule has 4 aliphatic rings. The average molecular weight is 427 g/mol. The van der Waals surface area contributed by atoms with Crippen molar-refractivity contribution in [3.05, 3.63) is 29.3 Å². The van der Waals surface area contributed by atoms with Gasteiger partial charge in [0.15, 0.2) is 0 Å². The van der Waals surface area contributed by atoms with Crippen molar-refractivity contribution in [1.82, 2.24) is 19.4 Å². The number of piperazine rings is 1. The molecule has 0 spiro atoms. The lowest BCUT2D eigenvalue weighted by molar-refractivity contribution is -0.0149. The van der Waals surface area contributed by atoms with Gasteiger partial charge in [0, 0.05) is 56.9 Å². The molecule has 5 rings (SSSR count). The highest BCUT2D eigenvalue weighted by atomic mass is 35.5. The van der Waals surface area contributed by atoms with Crippen LogP contribution in [0.25, 0.3) is 0 Å². The summed E-state index contributed by atoms with van der Waals surface area (Å²) in [6, 6.07) is 6.66. The van der Waals surface area contributed by atoms with E-state index in [1.807, 2.05) is 0 Å². The van der Waals surface area contributed by atoms with Crippen molar-refractivity contribution >= 4 is 21.6 Å². The zero-order valence-electron chi connectivity index (χ0n) is 16.6. The first kappa shape index (κ1) is 20.6. The van der Waals surface area contributed by atoms with Gasteiger partial charge in [0.1, 0.15) is 0 Å². The Balaban J connectivity index is 1.30. The maximum atomic E-state index is 12.6. The van der Waals surface area contributed by atoms with E-state index in [-0.39, 0.29) is 4.90 Å². The highest BCUT2D eigenvalue weighted by molar-refractivity contribution is 7.89. The zero-order valence-corrected chi connectivity index (χ0v) is 18.1. The van der Waals surface area contributed by atoms with Gasteiger partial charge in [0.2, 0.25) is 10.0 Å². The van der Waals surface area contributed by atoms with Gasteiger partial charge in [-0.15, -0.1) is 0 Å². The monoisotopic (exact) mass is 426 g/mol. The van der Waals surface area contributed by atoms with E-state index in [0.29, 0.717) is 17.6 Å². The number of rotatable bonds is 6. The number of hydrogen-bond acceptors (Lipinski definition) is 5. The van der Waals surface area contributed by atoms with E-state index in [1.54, 1.807) is 24.3 Å². The van der Waals surface area contributed by atoms with Gasteiger partial charge < -0.3 is 9.80 Å². The van der Waals surface area contributed by atoms with Crippen molar-refractivity contribution in [3.63, 3.8) is 0 Å². The minimum atomic E-state index is -3.48. The number of sulfonamides is 1. The van der Waals surface area contributed by atoms with Gasteiger partial charge in [0.25, 0.3) is 0 Å². The van der Waals surface area contributed by atoms with Crippen LogP contribution in [0.15, 0.2) is 29.2 Å². The molecule has 0 amide bonds. The van der Waals surface area contributed by atoms with E-state index in [4.69, 9.17) is 11.6 Å². The third-order valence-corrected chi connectivity index (χ3v) is 8.43. The predicted molar refractivity (Wildman–Crippen MR) is 112 cm³/mol. The van der Waals surface area contributed by atoms with Crippen LogP contribution in [0, 0.1) is 11.8 Å². The maximum absolute atomic E-state index is 12.6. The number of nitrogens with one attached hydrogen (secondary N) is 1. The fourth-order valence-electron chi connectivity index (χ4n) is 4.93. The third-order valence-electron chi connectivity index (χ3n) is 6.74. The number of likely N-dealkylation sites (N-methyl/N-ethyl adjacent to an activating group) is 1. The van der Waals surface area contributed by atoms with Crippen LogP contribution in [0.2, 0.25) is 5.02 Å². The minimum absolute atomic E-state index is 0.279. The van der Waals surface area contributed by atoms with Crippen LogP contribution < -0.4 is 4.72 Å². The quantitative estimate of drug-likeness (QED) is 0.748. The fraction of sp³-hybridized carbons (Fsp3) is 0.700. The van der Waals surface area contributed by atoms with Gasteiger partial charge in [-0.2, -0.15) is 0 Å². The lowest BCUT2D eigenvalue weighted by Crippen LogP contribution is -2.59. The normalized spacial score (nSPS) is 31.9. The van der Waals surface area contributed by atoms with Crippen molar-refractivity contribution in [2.24, 2.45) is 11.8 Å². The summed E-state index contributed by atoms with van der Waals surface area (Å²) in [7, 11) is -1.29. The van der Waals surface area contributed by atoms with E-state index in [0.717, 1.165) is 44.4 Å². The summed E-state index contributed by atoms with van der Waals surface area (Å²) >= 11 is 5.87. The molecule has 1 aromatic carbocycles. The van der Waals surface area contributed by atoms with Crippen molar-refractivity contribution in [1.29, 1.82) is 0 Å². The molecular formula is C20H31ClN4O2S. The topological polar surface area (TPSA) is 55.9 Å². The molecule has 0 aliphatic carbocycles. The molecule has 4 fully saturated rings. The number of hydrogen-bond donors (Lipinski definition) is 1. The van der Waals surface area contributed by atoms with E-state index in [1.165, 1.54) is 26.1 Å². The molecule has 28 heavy (non-hydrogen) atoms. The van der Waals surface area contributed by atoms with E-state index >= 15 is 0 Å². The molecule has 1 unspecified atom stereocenters. The predicted octanol–water partition coefficient (Wildman–Crippen LogP) is 1.58.